The minimum Gasteiger partial charge on any atom is -0.310 e. The summed E-state index contributed by atoms with van der Waals surface area (Å²) in [7, 11) is 0. The molecule has 9 aromatic carbocycles. The zero-order valence-electron chi connectivity index (χ0n) is 28.5. The number of hydrogen-bond acceptors (Lipinski definition) is 1. The molecule has 1 spiro atoms. The third-order valence-electron chi connectivity index (χ3n) is 11.4. The van der Waals surface area contributed by atoms with Gasteiger partial charge in [0.25, 0.3) is 0 Å². The molecule has 0 atom stereocenters. The standard InChI is InChI=1S/C51H33N/c1-2-12-34(13-3-1)36-22-26-40(27-23-36)52(41-28-24-35-14-4-5-15-37(35)30-41)42-29-25-38-32-46-45-18-8-11-21-49(45)51(50(46)33-39(38)31-42)47-19-9-6-16-43(47)44-17-7-10-20-48(44)51/h1-33H. The van der Waals surface area contributed by atoms with Crippen LogP contribution in [0.4, 0.5) is 17.1 Å². The van der Waals surface area contributed by atoms with E-state index in [1.165, 1.54) is 77.2 Å². The molecule has 242 valence electrons. The highest BCUT2D eigenvalue weighted by Gasteiger charge is 2.51. The second kappa shape index (κ2) is 11.2. The number of nitrogens with zero attached hydrogens (tertiary/aromatic N) is 1. The van der Waals surface area contributed by atoms with Crippen LogP contribution in [0.25, 0.3) is 54.9 Å². The van der Waals surface area contributed by atoms with Gasteiger partial charge in [0.1, 0.15) is 0 Å². The summed E-state index contributed by atoms with van der Waals surface area (Å²) in [6.45, 7) is 0. The van der Waals surface area contributed by atoms with Gasteiger partial charge in [-0.2, -0.15) is 0 Å². The van der Waals surface area contributed by atoms with E-state index in [0.717, 1.165) is 17.1 Å². The first kappa shape index (κ1) is 29.1. The third-order valence-corrected chi connectivity index (χ3v) is 11.4. The molecule has 2 aliphatic rings. The minimum absolute atomic E-state index is 0.366. The topological polar surface area (TPSA) is 3.24 Å². The van der Waals surface area contributed by atoms with Crippen LogP contribution in [0.15, 0.2) is 200 Å². The second-order valence-electron chi connectivity index (χ2n) is 14.1. The first-order chi connectivity index (χ1) is 25.8. The Labute approximate surface area is 303 Å². The van der Waals surface area contributed by atoms with Gasteiger partial charge < -0.3 is 4.90 Å². The van der Waals surface area contributed by atoms with Crippen LogP contribution in [0.5, 0.6) is 0 Å². The Kier molecular flexibility index (Phi) is 6.23. The van der Waals surface area contributed by atoms with Gasteiger partial charge in [0.05, 0.1) is 5.41 Å². The highest BCUT2D eigenvalue weighted by Crippen LogP contribution is 2.63. The highest BCUT2D eigenvalue weighted by atomic mass is 15.1. The summed E-state index contributed by atoms with van der Waals surface area (Å²) in [5.74, 6) is 0. The second-order valence-corrected chi connectivity index (χ2v) is 14.1. The Hall–Kier alpha value is -6.70. The van der Waals surface area contributed by atoms with Crippen molar-refractivity contribution in [3.8, 4) is 33.4 Å². The Morgan fingerprint density at radius 2 is 0.731 bits per heavy atom. The Morgan fingerprint density at radius 3 is 1.38 bits per heavy atom. The van der Waals surface area contributed by atoms with Gasteiger partial charge in [0, 0.05) is 17.1 Å². The molecule has 1 heteroatoms. The summed E-state index contributed by atoms with van der Waals surface area (Å²) in [4.78, 5) is 2.40. The molecule has 0 fully saturated rings. The monoisotopic (exact) mass is 659 g/mol. The number of rotatable bonds is 4. The van der Waals surface area contributed by atoms with Gasteiger partial charge in [-0.3, -0.25) is 0 Å². The van der Waals surface area contributed by atoms with Gasteiger partial charge >= 0.3 is 0 Å². The normalized spacial score (nSPS) is 13.2. The lowest BCUT2D eigenvalue weighted by atomic mass is 9.70. The molecule has 0 unspecified atom stereocenters. The maximum atomic E-state index is 2.49. The fraction of sp³-hybridized carbons (Fsp3) is 0.0196. The number of fused-ring (bicyclic) bond motifs is 12. The Balaban J connectivity index is 1.13. The van der Waals surface area contributed by atoms with Gasteiger partial charge in [-0.15, -0.1) is 0 Å². The largest absolute Gasteiger partial charge is 0.310 e. The van der Waals surface area contributed by atoms with E-state index in [4.69, 9.17) is 0 Å². The molecule has 0 radical (unpaired) electrons. The minimum atomic E-state index is -0.366. The molecule has 2 aliphatic carbocycles. The van der Waals surface area contributed by atoms with Gasteiger partial charge in [-0.25, -0.2) is 0 Å². The molecule has 52 heavy (non-hydrogen) atoms. The van der Waals surface area contributed by atoms with E-state index < -0.39 is 0 Å². The average molecular weight is 660 g/mol. The average Bonchev–Trinajstić information content (AvgIpc) is 3.67. The van der Waals surface area contributed by atoms with Crippen molar-refractivity contribution in [1.82, 2.24) is 0 Å². The first-order valence-corrected chi connectivity index (χ1v) is 18.1. The van der Waals surface area contributed by atoms with E-state index in [1.807, 2.05) is 0 Å². The van der Waals surface area contributed by atoms with Crippen LogP contribution >= 0.6 is 0 Å². The summed E-state index contributed by atoms with van der Waals surface area (Å²) in [5.41, 5.74) is 16.2. The van der Waals surface area contributed by atoms with Crippen LogP contribution in [0.1, 0.15) is 22.3 Å². The van der Waals surface area contributed by atoms with Crippen LogP contribution < -0.4 is 4.90 Å². The van der Waals surface area contributed by atoms with Crippen molar-refractivity contribution in [3.05, 3.63) is 222 Å². The molecular formula is C51H33N. The number of anilines is 3. The first-order valence-electron chi connectivity index (χ1n) is 18.1. The smallest absolute Gasteiger partial charge is 0.0725 e. The molecule has 0 N–H and O–H groups in total. The quantitative estimate of drug-likeness (QED) is 0.182. The lowest BCUT2D eigenvalue weighted by molar-refractivity contribution is 0.795. The van der Waals surface area contributed by atoms with Crippen LogP contribution in [0, 0.1) is 0 Å². The third kappa shape index (κ3) is 4.11. The van der Waals surface area contributed by atoms with Crippen LogP contribution in [-0.2, 0) is 5.41 Å². The molecule has 0 amide bonds. The maximum Gasteiger partial charge on any atom is 0.0725 e. The zero-order valence-corrected chi connectivity index (χ0v) is 28.5. The van der Waals surface area contributed by atoms with Crippen molar-refractivity contribution in [2.24, 2.45) is 0 Å². The molecular weight excluding hydrogens is 627 g/mol. The van der Waals surface area contributed by atoms with Gasteiger partial charge in [-0.05, 0) is 126 Å². The molecule has 11 rings (SSSR count). The van der Waals surface area contributed by atoms with Gasteiger partial charge in [0.2, 0.25) is 0 Å². The molecule has 1 nitrogen and oxygen atoms in total. The lowest BCUT2D eigenvalue weighted by Gasteiger charge is -2.30. The van der Waals surface area contributed by atoms with E-state index in [0.29, 0.717) is 0 Å². The molecule has 0 saturated heterocycles. The summed E-state index contributed by atoms with van der Waals surface area (Å²) < 4.78 is 0. The van der Waals surface area contributed by atoms with E-state index in [-0.39, 0.29) is 5.41 Å². The highest BCUT2D eigenvalue weighted by molar-refractivity contribution is 6.01. The summed E-state index contributed by atoms with van der Waals surface area (Å²) in [6.07, 6.45) is 0. The molecule has 9 aromatic rings. The molecule has 0 saturated carbocycles. The number of hydrogen-bond donors (Lipinski definition) is 0. The lowest BCUT2D eigenvalue weighted by Crippen LogP contribution is -2.25. The predicted octanol–water partition coefficient (Wildman–Crippen LogP) is 13.5. The Bertz CT molecular complexity index is 2800. The van der Waals surface area contributed by atoms with E-state index in [9.17, 15) is 0 Å². The fourth-order valence-electron chi connectivity index (χ4n) is 9.16. The summed E-state index contributed by atoms with van der Waals surface area (Å²) in [5, 5.41) is 4.94. The summed E-state index contributed by atoms with van der Waals surface area (Å²) >= 11 is 0. The molecule has 0 aromatic heterocycles. The van der Waals surface area contributed by atoms with Crippen molar-refractivity contribution in [2.45, 2.75) is 5.41 Å². The van der Waals surface area contributed by atoms with E-state index in [1.54, 1.807) is 0 Å². The van der Waals surface area contributed by atoms with Crippen molar-refractivity contribution in [2.75, 3.05) is 4.90 Å². The Morgan fingerprint density at radius 1 is 0.269 bits per heavy atom. The van der Waals surface area contributed by atoms with Gasteiger partial charge in [-0.1, -0.05) is 152 Å². The van der Waals surface area contributed by atoms with Crippen LogP contribution in [0.3, 0.4) is 0 Å². The van der Waals surface area contributed by atoms with Crippen LogP contribution in [0.2, 0.25) is 0 Å². The van der Waals surface area contributed by atoms with Crippen molar-refractivity contribution in [3.63, 3.8) is 0 Å². The van der Waals surface area contributed by atoms with E-state index >= 15 is 0 Å². The molecule has 0 bridgehead atoms. The molecule has 0 heterocycles. The SMILES string of the molecule is c1ccc(-c2ccc(N(c3ccc4ccccc4c3)c3ccc4cc5c(cc4c3)C3(c4ccccc4-c4ccccc43)c3ccccc3-5)cc2)cc1. The predicted molar refractivity (Wildman–Crippen MR) is 218 cm³/mol. The maximum absolute atomic E-state index is 2.49. The number of benzene rings is 9. The van der Waals surface area contributed by atoms with Crippen LogP contribution in [-0.4, -0.2) is 0 Å². The molecule has 0 aliphatic heterocycles. The van der Waals surface area contributed by atoms with Crippen molar-refractivity contribution < 1.29 is 0 Å². The van der Waals surface area contributed by atoms with Crippen molar-refractivity contribution >= 4 is 38.6 Å². The summed E-state index contributed by atoms with van der Waals surface area (Å²) in [6, 6.07) is 74.0. The fourth-order valence-corrected chi connectivity index (χ4v) is 9.16. The van der Waals surface area contributed by atoms with E-state index in [2.05, 4.69) is 205 Å². The zero-order chi connectivity index (χ0) is 34.2. The van der Waals surface area contributed by atoms with Crippen molar-refractivity contribution in [1.29, 1.82) is 0 Å². The van der Waals surface area contributed by atoms with Gasteiger partial charge in [0.15, 0.2) is 0 Å².